The van der Waals surface area contributed by atoms with Crippen LogP contribution >= 0.6 is 24.0 Å². The lowest BCUT2D eigenvalue weighted by Crippen LogP contribution is -2.41. The van der Waals surface area contributed by atoms with Gasteiger partial charge in [0.1, 0.15) is 12.2 Å². The highest BCUT2D eigenvalue weighted by Crippen LogP contribution is 2.20. The van der Waals surface area contributed by atoms with E-state index in [1.165, 1.54) is 38.9 Å². The molecule has 0 bridgehead atoms. The minimum absolute atomic E-state index is 0. The second kappa shape index (κ2) is 11.1. The third-order valence-electron chi connectivity index (χ3n) is 5.25. The Kier molecular flexibility index (Phi) is 9.10. The molecule has 1 atom stereocenters. The standard InChI is InChI=1S/C18H33N7.HI/c1-3-17-22-21-15-25(17)12-8-20-18(19-4-2)24-11-7-16(14-24)13-23-9-5-6-10-23;/h15-16H,3-14H2,1-2H3,(H,19,20);1H. The van der Waals surface area contributed by atoms with Crippen LogP contribution in [0.15, 0.2) is 11.3 Å². The molecule has 2 saturated heterocycles. The van der Waals surface area contributed by atoms with Crippen LogP contribution in [0.4, 0.5) is 0 Å². The highest BCUT2D eigenvalue weighted by molar-refractivity contribution is 14.0. The van der Waals surface area contributed by atoms with Gasteiger partial charge in [-0.05, 0) is 45.2 Å². The maximum atomic E-state index is 4.85. The normalized spacial score (nSPS) is 21.2. The Balaban J connectivity index is 0.00000243. The van der Waals surface area contributed by atoms with E-state index < -0.39 is 0 Å². The van der Waals surface area contributed by atoms with Gasteiger partial charge in [-0.25, -0.2) is 0 Å². The number of aliphatic imine (C=N–C) groups is 1. The van der Waals surface area contributed by atoms with Gasteiger partial charge in [-0.2, -0.15) is 0 Å². The van der Waals surface area contributed by atoms with Crippen molar-refractivity contribution in [2.45, 2.75) is 46.1 Å². The molecular weight excluding hydrogens is 441 g/mol. The summed E-state index contributed by atoms with van der Waals surface area (Å²) in [6, 6.07) is 0. The number of hydrogen-bond acceptors (Lipinski definition) is 4. The van der Waals surface area contributed by atoms with E-state index in [9.17, 15) is 0 Å². The zero-order chi connectivity index (χ0) is 17.5. The molecule has 0 amide bonds. The summed E-state index contributed by atoms with van der Waals surface area (Å²) in [5.74, 6) is 2.89. The molecule has 2 fully saturated rings. The van der Waals surface area contributed by atoms with Crippen LogP contribution in [0.5, 0.6) is 0 Å². The van der Waals surface area contributed by atoms with Crippen molar-refractivity contribution >= 4 is 29.9 Å². The minimum Gasteiger partial charge on any atom is -0.357 e. The molecule has 1 N–H and O–H groups in total. The number of hydrogen-bond donors (Lipinski definition) is 1. The fourth-order valence-electron chi connectivity index (χ4n) is 3.93. The number of halogens is 1. The molecule has 26 heavy (non-hydrogen) atoms. The van der Waals surface area contributed by atoms with Crippen molar-refractivity contribution in [1.82, 2.24) is 29.9 Å². The molecule has 3 rings (SSSR count). The molecule has 0 spiro atoms. The number of likely N-dealkylation sites (tertiary alicyclic amines) is 2. The molecule has 0 aliphatic carbocycles. The third kappa shape index (κ3) is 5.80. The summed E-state index contributed by atoms with van der Waals surface area (Å²) in [4.78, 5) is 9.93. The molecule has 1 aromatic rings. The quantitative estimate of drug-likeness (QED) is 0.371. The predicted octanol–water partition coefficient (Wildman–Crippen LogP) is 1.84. The van der Waals surface area contributed by atoms with E-state index in [1.54, 1.807) is 0 Å². The van der Waals surface area contributed by atoms with Crippen molar-refractivity contribution in [2.24, 2.45) is 10.9 Å². The smallest absolute Gasteiger partial charge is 0.193 e. The first-order valence-electron chi connectivity index (χ1n) is 9.92. The van der Waals surface area contributed by atoms with E-state index in [4.69, 9.17) is 4.99 Å². The van der Waals surface area contributed by atoms with E-state index >= 15 is 0 Å². The number of aromatic nitrogens is 3. The summed E-state index contributed by atoms with van der Waals surface area (Å²) < 4.78 is 2.10. The van der Waals surface area contributed by atoms with Crippen LogP contribution in [0.1, 0.15) is 38.9 Å². The summed E-state index contributed by atoms with van der Waals surface area (Å²) in [6.45, 7) is 12.9. The zero-order valence-electron chi connectivity index (χ0n) is 16.2. The molecule has 1 aromatic heterocycles. The summed E-state index contributed by atoms with van der Waals surface area (Å²) >= 11 is 0. The Morgan fingerprint density at radius 3 is 2.81 bits per heavy atom. The van der Waals surface area contributed by atoms with Crippen LogP contribution in [-0.2, 0) is 13.0 Å². The van der Waals surface area contributed by atoms with Gasteiger partial charge >= 0.3 is 0 Å². The summed E-state index contributed by atoms with van der Waals surface area (Å²) in [6.07, 6.45) is 6.76. The highest BCUT2D eigenvalue weighted by Gasteiger charge is 2.27. The van der Waals surface area contributed by atoms with Crippen molar-refractivity contribution in [2.75, 3.05) is 45.8 Å². The Hall–Kier alpha value is -0.900. The molecule has 7 nitrogen and oxygen atoms in total. The Morgan fingerprint density at radius 2 is 2.08 bits per heavy atom. The lowest BCUT2D eigenvalue weighted by atomic mass is 10.1. The van der Waals surface area contributed by atoms with E-state index in [2.05, 4.69) is 43.7 Å². The van der Waals surface area contributed by atoms with Gasteiger partial charge in [0.2, 0.25) is 0 Å². The molecular formula is C18H34IN7. The monoisotopic (exact) mass is 475 g/mol. The second-order valence-electron chi connectivity index (χ2n) is 7.14. The predicted molar refractivity (Wildman–Crippen MR) is 116 cm³/mol. The van der Waals surface area contributed by atoms with E-state index in [0.29, 0.717) is 0 Å². The first-order valence-corrected chi connectivity index (χ1v) is 9.92. The first-order chi connectivity index (χ1) is 12.3. The molecule has 0 saturated carbocycles. The van der Waals surface area contributed by atoms with Crippen LogP contribution in [0, 0.1) is 5.92 Å². The molecule has 0 radical (unpaired) electrons. The molecule has 2 aliphatic rings. The van der Waals surface area contributed by atoms with Gasteiger partial charge in [-0.1, -0.05) is 6.92 Å². The molecule has 3 heterocycles. The van der Waals surface area contributed by atoms with E-state index in [0.717, 1.165) is 56.8 Å². The summed E-state index contributed by atoms with van der Waals surface area (Å²) in [7, 11) is 0. The first kappa shape index (κ1) is 21.4. The van der Waals surface area contributed by atoms with Crippen LogP contribution in [0.2, 0.25) is 0 Å². The van der Waals surface area contributed by atoms with Gasteiger partial charge in [-0.15, -0.1) is 34.2 Å². The molecule has 2 aliphatic heterocycles. The lowest BCUT2D eigenvalue weighted by Gasteiger charge is -2.23. The van der Waals surface area contributed by atoms with Gasteiger partial charge in [0.15, 0.2) is 5.96 Å². The molecule has 148 valence electrons. The average molecular weight is 475 g/mol. The summed E-state index contributed by atoms with van der Waals surface area (Å²) in [5, 5.41) is 11.6. The van der Waals surface area contributed by atoms with E-state index in [1.807, 2.05) is 6.33 Å². The van der Waals surface area contributed by atoms with Crippen LogP contribution in [-0.4, -0.2) is 76.3 Å². The minimum atomic E-state index is 0. The Morgan fingerprint density at radius 1 is 1.27 bits per heavy atom. The van der Waals surface area contributed by atoms with Crippen LogP contribution in [0.25, 0.3) is 0 Å². The lowest BCUT2D eigenvalue weighted by molar-refractivity contribution is 0.281. The zero-order valence-corrected chi connectivity index (χ0v) is 18.6. The third-order valence-corrected chi connectivity index (χ3v) is 5.25. The number of nitrogens with one attached hydrogen (secondary N) is 1. The van der Waals surface area contributed by atoms with Crippen LogP contribution in [0.3, 0.4) is 0 Å². The number of nitrogens with zero attached hydrogens (tertiary/aromatic N) is 6. The van der Waals surface area contributed by atoms with Crippen molar-refractivity contribution in [3.63, 3.8) is 0 Å². The number of guanidine groups is 1. The maximum Gasteiger partial charge on any atom is 0.193 e. The fourth-order valence-corrected chi connectivity index (χ4v) is 3.93. The van der Waals surface area contributed by atoms with Gasteiger partial charge in [0.25, 0.3) is 0 Å². The Labute approximate surface area is 174 Å². The Bertz CT molecular complexity index is 553. The van der Waals surface area contributed by atoms with E-state index in [-0.39, 0.29) is 24.0 Å². The highest BCUT2D eigenvalue weighted by atomic mass is 127. The summed E-state index contributed by atoms with van der Waals surface area (Å²) in [5.41, 5.74) is 0. The van der Waals surface area contributed by atoms with Gasteiger partial charge < -0.3 is 19.7 Å². The molecule has 1 unspecified atom stereocenters. The average Bonchev–Trinajstić information content (AvgIpc) is 3.36. The van der Waals surface area contributed by atoms with Crippen LogP contribution < -0.4 is 5.32 Å². The number of aryl methyl sites for hydroxylation is 1. The van der Waals surface area contributed by atoms with Crippen molar-refractivity contribution in [1.29, 1.82) is 0 Å². The molecule has 0 aromatic carbocycles. The largest absolute Gasteiger partial charge is 0.357 e. The second-order valence-corrected chi connectivity index (χ2v) is 7.14. The van der Waals surface area contributed by atoms with Crippen molar-refractivity contribution in [3.8, 4) is 0 Å². The topological polar surface area (TPSA) is 61.6 Å². The fraction of sp³-hybridized carbons (Fsp3) is 0.833. The number of rotatable bonds is 7. The van der Waals surface area contributed by atoms with Gasteiger partial charge in [0.05, 0.1) is 6.54 Å². The van der Waals surface area contributed by atoms with Gasteiger partial charge in [0, 0.05) is 39.1 Å². The molecule has 8 heteroatoms. The SMILES string of the molecule is CCNC(=NCCn1cnnc1CC)N1CCC(CN2CCCC2)C1.I. The van der Waals surface area contributed by atoms with Crippen molar-refractivity contribution in [3.05, 3.63) is 12.2 Å². The maximum absolute atomic E-state index is 4.85. The van der Waals surface area contributed by atoms with Gasteiger partial charge in [-0.3, -0.25) is 4.99 Å². The van der Waals surface area contributed by atoms with Crippen molar-refractivity contribution < 1.29 is 0 Å².